The number of rotatable bonds is 5. The number of carboxylic acid groups (broad SMARTS) is 1. The number of carbonyl (C=O) groups excluding carboxylic acids is 1. The lowest BCUT2D eigenvalue weighted by Gasteiger charge is -2.12. The Morgan fingerprint density at radius 3 is 2.57 bits per heavy atom. The van der Waals surface area contributed by atoms with Crippen LogP contribution in [-0.4, -0.2) is 48.7 Å². The Morgan fingerprint density at radius 1 is 1.29 bits per heavy atom. The van der Waals surface area contributed by atoms with Crippen molar-refractivity contribution in [3.8, 4) is 0 Å². The number of hydrogen-bond acceptors (Lipinski definition) is 3. The molecule has 1 atom stereocenters. The Bertz CT molecular complexity index is 501. The van der Waals surface area contributed by atoms with Crippen LogP contribution in [-0.2, 0) is 6.54 Å². The van der Waals surface area contributed by atoms with Crippen LogP contribution in [0.5, 0.6) is 0 Å². The Hall–Kier alpha value is -2.08. The highest BCUT2D eigenvalue weighted by Crippen LogP contribution is 2.12. The fourth-order valence-electron chi connectivity index (χ4n) is 2.44. The van der Waals surface area contributed by atoms with E-state index in [0.717, 1.165) is 25.1 Å². The summed E-state index contributed by atoms with van der Waals surface area (Å²) in [6, 6.07) is 6.29. The average molecular weight is 291 g/mol. The second kappa shape index (κ2) is 7.08. The van der Waals surface area contributed by atoms with Crippen molar-refractivity contribution in [2.45, 2.75) is 13.0 Å². The smallest absolute Gasteiger partial charge is 0.335 e. The van der Waals surface area contributed by atoms with E-state index < -0.39 is 5.97 Å². The van der Waals surface area contributed by atoms with Gasteiger partial charge in [0.25, 0.3) is 0 Å². The highest BCUT2D eigenvalue weighted by molar-refractivity contribution is 5.87. The SMILES string of the molecule is CN1CCC(CNC(=O)NCc2ccc(C(=O)O)cc2)C1. The first-order chi connectivity index (χ1) is 10.0. The molecule has 0 aliphatic carbocycles. The Morgan fingerprint density at radius 2 is 2.00 bits per heavy atom. The van der Waals surface area contributed by atoms with Gasteiger partial charge >= 0.3 is 12.0 Å². The van der Waals surface area contributed by atoms with Crippen LogP contribution in [0.15, 0.2) is 24.3 Å². The molecular formula is C15H21N3O3. The first-order valence-corrected chi connectivity index (χ1v) is 7.07. The standard InChI is InChI=1S/C15H21N3O3/c1-18-7-6-12(10-18)9-17-15(21)16-8-11-2-4-13(5-3-11)14(19)20/h2-5,12H,6-10H2,1H3,(H,19,20)(H2,16,17,21). The van der Waals surface area contributed by atoms with Crippen molar-refractivity contribution in [1.82, 2.24) is 15.5 Å². The van der Waals surface area contributed by atoms with E-state index >= 15 is 0 Å². The minimum Gasteiger partial charge on any atom is -0.478 e. The van der Waals surface area contributed by atoms with Crippen LogP contribution in [0.4, 0.5) is 4.79 Å². The van der Waals surface area contributed by atoms with Crippen LogP contribution < -0.4 is 10.6 Å². The molecule has 3 N–H and O–H groups in total. The Labute approximate surface area is 124 Å². The molecule has 0 saturated carbocycles. The van der Waals surface area contributed by atoms with Crippen molar-refractivity contribution in [2.24, 2.45) is 5.92 Å². The number of nitrogens with zero attached hydrogens (tertiary/aromatic N) is 1. The van der Waals surface area contributed by atoms with E-state index in [-0.39, 0.29) is 11.6 Å². The van der Waals surface area contributed by atoms with Gasteiger partial charge in [-0.05, 0) is 43.6 Å². The van der Waals surface area contributed by atoms with Crippen molar-refractivity contribution in [2.75, 3.05) is 26.7 Å². The summed E-state index contributed by atoms with van der Waals surface area (Å²) in [5.41, 5.74) is 1.12. The Balaban J connectivity index is 1.69. The molecule has 1 aromatic carbocycles. The quantitative estimate of drug-likeness (QED) is 0.760. The summed E-state index contributed by atoms with van der Waals surface area (Å²) >= 11 is 0. The van der Waals surface area contributed by atoms with E-state index in [1.54, 1.807) is 12.1 Å². The summed E-state index contributed by atoms with van der Waals surface area (Å²) in [6.45, 7) is 3.19. The van der Waals surface area contributed by atoms with Gasteiger partial charge in [-0.15, -0.1) is 0 Å². The number of hydrogen-bond donors (Lipinski definition) is 3. The number of urea groups is 1. The molecule has 1 aliphatic rings. The summed E-state index contributed by atoms with van der Waals surface area (Å²) in [5, 5.41) is 14.4. The first kappa shape index (κ1) is 15.3. The third-order valence-corrected chi connectivity index (χ3v) is 3.69. The van der Waals surface area contributed by atoms with E-state index in [9.17, 15) is 9.59 Å². The molecule has 114 valence electrons. The summed E-state index contributed by atoms with van der Waals surface area (Å²) < 4.78 is 0. The molecule has 1 aliphatic heterocycles. The zero-order valence-electron chi connectivity index (χ0n) is 12.1. The van der Waals surface area contributed by atoms with Gasteiger partial charge in [0.1, 0.15) is 0 Å². The topological polar surface area (TPSA) is 81.7 Å². The maximum atomic E-state index is 11.7. The highest BCUT2D eigenvalue weighted by Gasteiger charge is 2.19. The lowest BCUT2D eigenvalue weighted by atomic mass is 10.1. The van der Waals surface area contributed by atoms with Crippen molar-refractivity contribution in [3.63, 3.8) is 0 Å². The second-order valence-electron chi connectivity index (χ2n) is 5.48. The third kappa shape index (κ3) is 4.75. The summed E-state index contributed by atoms with van der Waals surface area (Å²) in [7, 11) is 2.08. The van der Waals surface area contributed by atoms with Gasteiger partial charge in [0.2, 0.25) is 0 Å². The molecular weight excluding hydrogens is 270 g/mol. The van der Waals surface area contributed by atoms with Gasteiger partial charge in [0.05, 0.1) is 5.56 Å². The van der Waals surface area contributed by atoms with Crippen LogP contribution in [0.25, 0.3) is 0 Å². The number of nitrogens with one attached hydrogen (secondary N) is 2. The Kier molecular flexibility index (Phi) is 5.16. The van der Waals surface area contributed by atoms with Gasteiger partial charge in [-0.2, -0.15) is 0 Å². The normalized spacial score (nSPS) is 18.4. The number of amides is 2. The molecule has 6 nitrogen and oxygen atoms in total. The zero-order valence-corrected chi connectivity index (χ0v) is 12.1. The van der Waals surface area contributed by atoms with Crippen molar-refractivity contribution < 1.29 is 14.7 Å². The van der Waals surface area contributed by atoms with E-state index in [2.05, 4.69) is 22.6 Å². The van der Waals surface area contributed by atoms with Gasteiger partial charge in [-0.1, -0.05) is 12.1 Å². The molecule has 0 spiro atoms. The number of aromatic carboxylic acids is 1. The molecule has 1 unspecified atom stereocenters. The van der Waals surface area contributed by atoms with Gasteiger partial charge in [0.15, 0.2) is 0 Å². The van der Waals surface area contributed by atoms with Crippen LogP contribution in [0.3, 0.4) is 0 Å². The largest absolute Gasteiger partial charge is 0.478 e. The summed E-state index contributed by atoms with van der Waals surface area (Å²) in [6.07, 6.45) is 1.12. The fraction of sp³-hybridized carbons (Fsp3) is 0.467. The van der Waals surface area contributed by atoms with Crippen molar-refractivity contribution in [1.29, 1.82) is 0 Å². The number of carboxylic acids is 1. The molecule has 0 radical (unpaired) electrons. The predicted molar refractivity (Wildman–Crippen MR) is 79.2 cm³/mol. The van der Waals surface area contributed by atoms with Crippen LogP contribution >= 0.6 is 0 Å². The minimum atomic E-state index is -0.950. The molecule has 0 aromatic heterocycles. The molecule has 1 aromatic rings. The number of carbonyl (C=O) groups is 2. The van der Waals surface area contributed by atoms with Crippen LogP contribution in [0.1, 0.15) is 22.3 Å². The molecule has 21 heavy (non-hydrogen) atoms. The molecule has 1 fully saturated rings. The van der Waals surface area contributed by atoms with E-state index in [4.69, 9.17) is 5.11 Å². The lowest BCUT2D eigenvalue weighted by Crippen LogP contribution is -2.38. The predicted octanol–water partition coefficient (Wildman–Crippen LogP) is 1.14. The summed E-state index contributed by atoms with van der Waals surface area (Å²) in [5.74, 6) is -0.426. The molecule has 0 bridgehead atoms. The zero-order chi connectivity index (χ0) is 15.2. The maximum Gasteiger partial charge on any atom is 0.335 e. The van der Waals surface area contributed by atoms with Crippen LogP contribution in [0, 0.1) is 5.92 Å². The maximum absolute atomic E-state index is 11.7. The monoisotopic (exact) mass is 291 g/mol. The van der Waals surface area contributed by atoms with Crippen molar-refractivity contribution in [3.05, 3.63) is 35.4 Å². The molecule has 2 amide bonds. The molecule has 1 heterocycles. The fourth-order valence-corrected chi connectivity index (χ4v) is 2.44. The average Bonchev–Trinajstić information content (AvgIpc) is 2.89. The number of likely N-dealkylation sites (tertiary alicyclic amines) is 1. The molecule has 6 heteroatoms. The summed E-state index contributed by atoms with van der Waals surface area (Å²) in [4.78, 5) is 24.7. The van der Waals surface area contributed by atoms with E-state index in [0.29, 0.717) is 19.0 Å². The van der Waals surface area contributed by atoms with E-state index in [1.807, 2.05) is 0 Å². The van der Waals surface area contributed by atoms with Crippen molar-refractivity contribution >= 4 is 12.0 Å². The number of benzene rings is 1. The van der Waals surface area contributed by atoms with Gasteiger partial charge < -0.3 is 20.6 Å². The highest BCUT2D eigenvalue weighted by atomic mass is 16.4. The van der Waals surface area contributed by atoms with Crippen LogP contribution in [0.2, 0.25) is 0 Å². The third-order valence-electron chi connectivity index (χ3n) is 3.69. The van der Waals surface area contributed by atoms with Gasteiger partial charge in [0, 0.05) is 19.6 Å². The first-order valence-electron chi connectivity index (χ1n) is 7.07. The minimum absolute atomic E-state index is 0.188. The lowest BCUT2D eigenvalue weighted by molar-refractivity contribution is 0.0697. The van der Waals surface area contributed by atoms with Gasteiger partial charge in [-0.3, -0.25) is 0 Å². The molecule has 2 rings (SSSR count). The second-order valence-corrected chi connectivity index (χ2v) is 5.48. The van der Waals surface area contributed by atoms with Gasteiger partial charge in [-0.25, -0.2) is 9.59 Å². The molecule has 1 saturated heterocycles. The van der Waals surface area contributed by atoms with E-state index in [1.165, 1.54) is 12.1 Å².